The van der Waals surface area contributed by atoms with Gasteiger partial charge >= 0.3 is 23.5 Å². The maximum Gasteiger partial charge on any atom is 0.490 e. The molecule has 0 aromatic carbocycles. The van der Waals surface area contributed by atoms with Crippen LogP contribution in [0, 0.1) is 15.9 Å². The van der Waals surface area contributed by atoms with Gasteiger partial charge in [0.2, 0.25) is 5.95 Å². The molecule has 3 rings (SSSR count). The average Bonchev–Trinajstić information content (AvgIpc) is 3.18. The molecule has 0 radical (unpaired) electrons. The highest BCUT2D eigenvalue weighted by Gasteiger charge is 2.58. The van der Waals surface area contributed by atoms with Crippen molar-refractivity contribution in [1.82, 2.24) is 19.5 Å². The van der Waals surface area contributed by atoms with E-state index in [0.29, 0.717) is 0 Å². The van der Waals surface area contributed by atoms with E-state index in [2.05, 4.69) is 29.5 Å². The van der Waals surface area contributed by atoms with Gasteiger partial charge in [0.25, 0.3) is 0 Å². The first kappa shape index (κ1) is 29.6. The molecule has 0 aliphatic carbocycles. The summed E-state index contributed by atoms with van der Waals surface area (Å²) in [6, 6.07) is 0. The van der Waals surface area contributed by atoms with Crippen LogP contribution < -0.4 is 5.73 Å². The number of H-pyrrole nitrogens is 1. The Labute approximate surface area is 215 Å². The van der Waals surface area contributed by atoms with Crippen molar-refractivity contribution in [1.29, 1.82) is 0 Å². The molecule has 0 saturated carbocycles. The van der Waals surface area contributed by atoms with Gasteiger partial charge in [-0.1, -0.05) is 29.7 Å². The molecule has 1 aliphatic heterocycles. The number of aromatic nitrogens is 4. The van der Waals surface area contributed by atoms with E-state index in [-0.39, 0.29) is 21.8 Å². The molecule has 2 aromatic rings. The molecular formula is C13H16Cl2N5O12P3S. The molecule has 0 spiro atoms. The average molecular weight is 630 g/mol. The number of imidazole rings is 1. The van der Waals surface area contributed by atoms with Crippen LogP contribution in [0.1, 0.15) is 13.2 Å². The molecule has 36 heavy (non-hydrogen) atoms. The van der Waals surface area contributed by atoms with Gasteiger partial charge in [0.1, 0.15) is 22.4 Å². The predicted octanol–water partition coefficient (Wildman–Crippen LogP) is 1.24. The van der Waals surface area contributed by atoms with Crippen molar-refractivity contribution in [2.24, 2.45) is 0 Å². The Morgan fingerprint density at radius 3 is 2.53 bits per heavy atom. The first-order valence-electron chi connectivity index (χ1n) is 9.09. The Bertz CT molecular complexity index is 1440. The fraction of sp³-hybridized carbons (Fsp3) is 0.462. The van der Waals surface area contributed by atoms with Crippen molar-refractivity contribution >= 4 is 76.0 Å². The molecule has 0 amide bonds. The molecule has 8 N–H and O–H groups in total. The van der Waals surface area contributed by atoms with Crippen LogP contribution in [-0.4, -0.2) is 67.4 Å². The number of alkyl halides is 1. The number of anilines is 1. The standard InChI is InChI=1S/C13H16Cl2N5O12P3S/c1-5(30-34(25,26)32-35(27,28)31-33(22,23)24)7-8(21)13(15,2-3-14)11(29-7)20-4-17-6-9(20)18-12(16)19-10(6)36/h4-5,7-8,11,21H,1H3,(H,25,26)(H,27,28)(H2,22,23,24)(H3,16,18,19,36)/t5-,7+,8-,11+,13?/m0/s1. The van der Waals surface area contributed by atoms with Crippen molar-refractivity contribution in [3.8, 4) is 11.3 Å². The van der Waals surface area contributed by atoms with Gasteiger partial charge in [-0.2, -0.15) is 13.6 Å². The van der Waals surface area contributed by atoms with E-state index in [1.807, 2.05) is 5.38 Å². The van der Waals surface area contributed by atoms with Crippen molar-refractivity contribution in [2.45, 2.75) is 36.3 Å². The lowest BCUT2D eigenvalue weighted by molar-refractivity contribution is -0.0728. The Kier molecular flexibility index (Phi) is 8.47. The number of halogens is 2. The minimum absolute atomic E-state index is 0.0658. The van der Waals surface area contributed by atoms with Gasteiger partial charge < -0.3 is 40.1 Å². The van der Waals surface area contributed by atoms with Crippen LogP contribution in [0.25, 0.3) is 11.2 Å². The highest BCUT2D eigenvalue weighted by atomic mass is 35.5. The van der Waals surface area contributed by atoms with Gasteiger partial charge in [0.15, 0.2) is 16.7 Å². The zero-order chi connectivity index (χ0) is 27.3. The van der Waals surface area contributed by atoms with Gasteiger partial charge in [0.05, 0.1) is 12.4 Å². The number of hydrogen-bond donors (Lipinski definition) is 7. The second kappa shape index (κ2) is 10.3. The van der Waals surface area contributed by atoms with Gasteiger partial charge in [-0.05, 0) is 18.5 Å². The maximum absolute atomic E-state index is 12.2. The summed E-state index contributed by atoms with van der Waals surface area (Å²) in [5, 5.41) is 12.9. The fourth-order valence-electron chi connectivity index (χ4n) is 3.23. The van der Waals surface area contributed by atoms with Gasteiger partial charge in [0, 0.05) is 5.38 Å². The van der Waals surface area contributed by atoms with Crippen LogP contribution >= 0.6 is 58.9 Å². The van der Waals surface area contributed by atoms with Crippen LogP contribution in [0.4, 0.5) is 5.95 Å². The minimum atomic E-state index is -5.78. The topological polar surface area (TPSA) is 262 Å². The van der Waals surface area contributed by atoms with Crippen LogP contribution in [0.2, 0.25) is 0 Å². The molecule has 23 heteroatoms. The van der Waals surface area contributed by atoms with Gasteiger partial charge in [-0.3, -0.25) is 9.09 Å². The number of aliphatic hydroxyl groups excluding tert-OH is 1. The molecule has 2 aromatic heterocycles. The number of phosphoric acid groups is 3. The van der Waals surface area contributed by atoms with Crippen molar-refractivity contribution in [3.05, 3.63) is 11.0 Å². The number of hydrogen-bond acceptors (Lipinski definition) is 12. The quantitative estimate of drug-likeness (QED) is 0.0936. The SMILES string of the molecule is C[C@H](OP(=O)(O)OP(=O)(O)OP(=O)(O)O)[C@H]1O[C@@H](n2cnc3c(=S)[nH]c(N)nc32)C(Cl)(C#CCl)[C@H]1O. The van der Waals surface area contributed by atoms with Crippen LogP contribution in [0.5, 0.6) is 0 Å². The van der Waals surface area contributed by atoms with E-state index in [1.165, 1.54) is 10.9 Å². The summed E-state index contributed by atoms with van der Waals surface area (Å²) < 4.78 is 53.7. The van der Waals surface area contributed by atoms with Crippen molar-refractivity contribution < 1.29 is 56.3 Å². The zero-order valence-corrected chi connectivity index (χ0v) is 22.4. The summed E-state index contributed by atoms with van der Waals surface area (Å²) in [6.45, 7) is 1.08. The molecule has 7 atom stereocenters. The third kappa shape index (κ3) is 6.36. The first-order valence-corrected chi connectivity index (χ1v) is 14.8. The number of phosphoric ester groups is 1. The number of ether oxygens (including phenoxy) is 1. The number of fused-ring (bicyclic) bond motifs is 1. The van der Waals surface area contributed by atoms with E-state index in [1.54, 1.807) is 0 Å². The number of rotatable bonds is 8. The van der Waals surface area contributed by atoms with E-state index < -0.39 is 52.9 Å². The van der Waals surface area contributed by atoms with E-state index in [9.17, 15) is 28.6 Å². The summed E-state index contributed by atoms with van der Waals surface area (Å²) >= 11 is 17.2. The van der Waals surface area contributed by atoms with Crippen molar-refractivity contribution in [2.75, 3.05) is 5.73 Å². The summed E-state index contributed by atoms with van der Waals surface area (Å²) in [6.07, 6.45) is -5.25. The predicted molar refractivity (Wildman–Crippen MR) is 124 cm³/mol. The highest BCUT2D eigenvalue weighted by molar-refractivity contribution is 7.71. The monoisotopic (exact) mass is 629 g/mol. The maximum atomic E-state index is 12.2. The van der Waals surface area contributed by atoms with Gasteiger partial charge in [-0.15, -0.1) is 0 Å². The third-order valence-corrected chi connectivity index (χ3v) is 9.33. The lowest BCUT2D eigenvalue weighted by Gasteiger charge is -2.26. The molecule has 1 aliphatic rings. The highest BCUT2D eigenvalue weighted by Crippen LogP contribution is 2.66. The zero-order valence-electron chi connectivity index (χ0n) is 17.4. The molecule has 0 bridgehead atoms. The number of nitrogens with zero attached hydrogens (tertiary/aromatic N) is 3. The lowest BCUT2D eigenvalue weighted by atomic mass is 9.97. The summed E-state index contributed by atoms with van der Waals surface area (Å²) in [5.41, 5.74) is 5.94. The third-order valence-electron chi connectivity index (χ3n) is 4.51. The van der Waals surface area contributed by atoms with Crippen LogP contribution in [-0.2, 0) is 31.6 Å². The number of nitrogens with two attached hydrogens (primary N) is 1. The Morgan fingerprint density at radius 1 is 1.31 bits per heavy atom. The summed E-state index contributed by atoms with van der Waals surface area (Å²) in [7, 11) is -16.9. The molecular weight excluding hydrogens is 614 g/mol. The molecule has 1 saturated heterocycles. The van der Waals surface area contributed by atoms with E-state index >= 15 is 0 Å². The Balaban J connectivity index is 1.92. The fourth-order valence-corrected chi connectivity index (χ4v) is 7.22. The number of nitrogens with one attached hydrogen (secondary N) is 1. The molecule has 200 valence electrons. The van der Waals surface area contributed by atoms with Crippen molar-refractivity contribution in [3.63, 3.8) is 0 Å². The molecule has 1 fully saturated rings. The summed E-state index contributed by atoms with van der Waals surface area (Å²) in [4.78, 5) is 45.1. The second-order valence-corrected chi connectivity index (χ2v) is 12.7. The normalized spacial score (nSPS) is 28.7. The van der Waals surface area contributed by atoms with Crippen LogP contribution in [0.3, 0.4) is 0 Å². The smallest absolute Gasteiger partial charge is 0.387 e. The van der Waals surface area contributed by atoms with Gasteiger partial charge in [-0.25, -0.2) is 18.7 Å². The molecule has 17 nitrogen and oxygen atoms in total. The Hall–Kier alpha value is -0.960. The first-order chi connectivity index (χ1) is 16.4. The molecule has 3 heterocycles. The number of aromatic amines is 1. The second-order valence-electron chi connectivity index (χ2n) is 7.06. The largest absolute Gasteiger partial charge is 0.490 e. The molecule has 3 unspecified atom stereocenters. The summed E-state index contributed by atoms with van der Waals surface area (Å²) in [5.74, 6) is 2.28. The van der Waals surface area contributed by atoms with Crippen LogP contribution in [0.15, 0.2) is 6.33 Å². The van der Waals surface area contributed by atoms with E-state index in [0.717, 1.165) is 6.92 Å². The number of aliphatic hydroxyl groups is 1. The minimum Gasteiger partial charge on any atom is -0.387 e. The van der Waals surface area contributed by atoms with E-state index in [4.69, 9.17) is 60.2 Å². The lowest BCUT2D eigenvalue weighted by Crippen LogP contribution is -2.43. The Morgan fingerprint density at radius 2 is 1.94 bits per heavy atom. The number of nitrogen functional groups attached to an aromatic ring is 1.